The SMILES string of the molecule is NC(=O)c1nsc(C(=O)N(C2CCCc3ccccc32)C(C(=O)NCc2ccc(F)cc2)c2ccc(F)cc2)c1N. The third-order valence-corrected chi connectivity index (χ3v) is 8.01. The van der Waals surface area contributed by atoms with Gasteiger partial charge in [-0.3, -0.25) is 14.4 Å². The summed E-state index contributed by atoms with van der Waals surface area (Å²) in [6, 6.07) is 17.0. The Balaban J connectivity index is 1.62. The average molecular weight is 576 g/mol. The van der Waals surface area contributed by atoms with Crippen molar-refractivity contribution >= 4 is 34.9 Å². The minimum Gasteiger partial charge on any atom is -0.395 e. The molecular weight excluding hydrogens is 548 g/mol. The van der Waals surface area contributed by atoms with E-state index in [1.807, 2.05) is 24.3 Å². The standard InChI is InChI=1S/C30H27F2N5O3S/c31-20-12-8-17(9-13-20)16-35-29(39)26(19-10-14-21(32)15-11-19)37(23-7-3-5-18-4-1-2-6-22(18)23)30(40)27-24(33)25(28(34)38)36-41-27/h1-2,4,6,8-15,23,26H,3,5,7,16,33H2,(H2,34,38)(H,35,39). The third-order valence-electron chi connectivity index (χ3n) is 7.16. The van der Waals surface area contributed by atoms with E-state index in [-0.39, 0.29) is 22.8 Å². The highest BCUT2D eigenvalue weighted by molar-refractivity contribution is 7.09. The minimum atomic E-state index is -1.21. The Hall–Kier alpha value is -4.64. The number of halogens is 2. The van der Waals surface area contributed by atoms with Gasteiger partial charge < -0.3 is 21.7 Å². The van der Waals surface area contributed by atoms with E-state index in [0.717, 1.165) is 35.5 Å². The average Bonchev–Trinajstić information content (AvgIpc) is 3.37. The van der Waals surface area contributed by atoms with Crippen LogP contribution in [0, 0.1) is 11.6 Å². The Bertz CT molecular complexity index is 1590. The van der Waals surface area contributed by atoms with E-state index in [2.05, 4.69) is 9.69 Å². The zero-order chi connectivity index (χ0) is 29.1. The summed E-state index contributed by atoms with van der Waals surface area (Å²) in [6.45, 7) is 0.0641. The molecule has 8 nitrogen and oxygen atoms in total. The van der Waals surface area contributed by atoms with Gasteiger partial charge in [-0.1, -0.05) is 48.5 Å². The maximum absolute atomic E-state index is 14.4. The van der Waals surface area contributed by atoms with Crippen molar-refractivity contribution < 1.29 is 23.2 Å². The highest BCUT2D eigenvalue weighted by atomic mass is 32.1. The number of fused-ring (bicyclic) bond motifs is 1. The maximum atomic E-state index is 14.4. The van der Waals surface area contributed by atoms with Crippen LogP contribution in [0.3, 0.4) is 0 Å². The van der Waals surface area contributed by atoms with Crippen molar-refractivity contribution in [3.05, 3.63) is 117 Å². The second kappa shape index (κ2) is 11.8. The van der Waals surface area contributed by atoms with Gasteiger partial charge in [0.25, 0.3) is 11.8 Å². The topological polar surface area (TPSA) is 131 Å². The molecule has 1 aliphatic rings. The zero-order valence-corrected chi connectivity index (χ0v) is 22.7. The number of carbonyl (C=O) groups excluding carboxylic acids is 3. The van der Waals surface area contributed by atoms with Crippen LogP contribution in [0.1, 0.15) is 67.3 Å². The van der Waals surface area contributed by atoms with Gasteiger partial charge in [-0.05, 0) is 77.3 Å². The van der Waals surface area contributed by atoms with E-state index >= 15 is 0 Å². The first-order valence-electron chi connectivity index (χ1n) is 13.0. The number of nitrogens with one attached hydrogen (secondary N) is 1. The van der Waals surface area contributed by atoms with Crippen molar-refractivity contribution in [2.24, 2.45) is 5.73 Å². The predicted molar refractivity (Wildman–Crippen MR) is 151 cm³/mol. The number of rotatable bonds is 8. The normalized spacial score (nSPS) is 15.0. The summed E-state index contributed by atoms with van der Waals surface area (Å²) in [5.74, 6) is -2.93. The molecule has 2 unspecified atom stereocenters. The summed E-state index contributed by atoms with van der Waals surface area (Å²) in [5, 5.41) is 2.85. The predicted octanol–water partition coefficient (Wildman–Crippen LogP) is 4.68. The Morgan fingerprint density at radius 3 is 2.32 bits per heavy atom. The van der Waals surface area contributed by atoms with Crippen molar-refractivity contribution in [2.75, 3.05) is 5.73 Å². The van der Waals surface area contributed by atoms with Crippen molar-refractivity contribution in [2.45, 2.75) is 37.9 Å². The molecule has 41 heavy (non-hydrogen) atoms. The number of carbonyl (C=O) groups is 3. The van der Waals surface area contributed by atoms with Crippen LogP contribution in [-0.4, -0.2) is 27.0 Å². The summed E-state index contributed by atoms with van der Waals surface area (Å²) >= 11 is 0.730. The lowest BCUT2D eigenvalue weighted by molar-refractivity contribution is -0.127. The van der Waals surface area contributed by atoms with Gasteiger partial charge in [0.05, 0.1) is 11.7 Å². The van der Waals surface area contributed by atoms with Crippen LogP contribution >= 0.6 is 11.5 Å². The number of nitrogen functional groups attached to an aromatic ring is 1. The number of hydrogen-bond acceptors (Lipinski definition) is 6. The molecule has 3 amide bonds. The second-order valence-corrected chi connectivity index (χ2v) is 10.5. The van der Waals surface area contributed by atoms with E-state index < -0.39 is 41.4 Å². The van der Waals surface area contributed by atoms with Gasteiger partial charge >= 0.3 is 0 Å². The van der Waals surface area contributed by atoms with Crippen LogP contribution in [0.25, 0.3) is 0 Å². The lowest BCUT2D eigenvalue weighted by Gasteiger charge is -2.40. The number of aromatic nitrogens is 1. The Labute approximate surface area is 239 Å². The third kappa shape index (κ3) is 5.80. The summed E-state index contributed by atoms with van der Waals surface area (Å²) in [6.07, 6.45) is 2.11. The van der Waals surface area contributed by atoms with E-state index in [9.17, 15) is 23.2 Å². The molecule has 11 heteroatoms. The summed E-state index contributed by atoms with van der Waals surface area (Å²) < 4.78 is 31.4. The molecule has 0 spiro atoms. The molecular formula is C30H27F2N5O3S. The largest absolute Gasteiger partial charge is 0.395 e. The van der Waals surface area contributed by atoms with Crippen LogP contribution in [-0.2, 0) is 17.8 Å². The van der Waals surface area contributed by atoms with Crippen molar-refractivity contribution in [1.29, 1.82) is 0 Å². The monoisotopic (exact) mass is 575 g/mol. The van der Waals surface area contributed by atoms with Crippen LogP contribution in [0.15, 0.2) is 72.8 Å². The molecule has 1 aliphatic carbocycles. The highest BCUT2D eigenvalue weighted by Gasteiger charge is 2.41. The summed E-state index contributed by atoms with van der Waals surface area (Å²) in [4.78, 5) is 41.7. The molecule has 2 atom stereocenters. The molecule has 0 saturated heterocycles. The zero-order valence-electron chi connectivity index (χ0n) is 21.8. The van der Waals surface area contributed by atoms with Crippen LogP contribution in [0.2, 0.25) is 0 Å². The van der Waals surface area contributed by atoms with Gasteiger partial charge in [-0.15, -0.1) is 0 Å². The smallest absolute Gasteiger partial charge is 0.270 e. The van der Waals surface area contributed by atoms with Gasteiger partial charge in [-0.2, -0.15) is 4.37 Å². The molecule has 0 fully saturated rings. The van der Waals surface area contributed by atoms with Crippen molar-refractivity contribution in [3.8, 4) is 0 Å². The van der Waals surface area contributed by atoms with Gasteiger partial charge in [0.2, 0.25) is 5.91 Å². The lowest BCUT2D eigenvalue weighted by Crippen LogP contribution is -2.46. The van der Waals surface area contributed by atoms with Gasteiger partial charge in [0, 0.05) is 6.54 Å². The summed E-state index contributed by atoms with van der Waals surface area (Å²) in [7, 11) is 0. The Morgan fingerprint density at radius 1 is 1.00 bits per heavy atom. The fraction of sp³-hybridized carbons (Fsp3) is 0.200. The molecule has 5 N–H and O–H groups in total. The highest BCUT2D eigenvalue weighted by Crippen LogP contribution is 2.41. The van der Waals surface area contributed by atoms with Gasteiger partial charge in [0.1, 0.15) is 22.6 Å². The lowest BCUT2D eigenvalue weighted by atomic mass is 9.85. The van der Waals surface area contributed by atoms with Gasteiger partial charge in [-0.25, -0.2) is 8.78 Å². The molecule has 0 saturated carbocycles. The molecule has 210 valence electrons. The van der Waals surface area contributed by atoms with Crippen molar-refractivity contribution in [3.63, 3.8) is 0 Å². The van der Waals surface area contributed by atoms with E-state index in [1.165, 1.54) is 41.3 Å². The molecule has 1 aromatic heterocycles. The first-order chi connectivity index (χ1) is 19.7. The number of nitrogens with two attached hydrogens (primary N) is 2. The van der Waals surface area contributed by atoms with Crippen LogP contribution in [0.4, 0.5) is 14.5 Å². The number of hydrogen-bond donors (Lipinski definition) is 3. The molecule has 4 aromatic rings. The quantitative estimate of drug-likeness (QED) is 0.281. The van der Waals surface area contributed by atoms with E-state index in [0.29, 0.717) is 17.5 Å². The molecule has 0 aliphatic heterocycles. The van der Waals surface area contributed by atoms with Crippen LogP contribution < -0.4 is 16.8 Å². The van der Waals surface area contributed by atoms with Gasteiger partial charge in [0.15, 0.2) is 5.69 Å². The molecule has 0 radical (unpaired) electrons. The first kappa shape index (κ1) is 27.9. The maximum Gasteiger partial charge on any atom is 0.270 e. The molecule has 3 aromatic carbocycles. The van der Waals surface area contributed by atoms with Crippen LogP contribution in [0.5, 0.6) is 0 Å². The Morgan fingerprint density at radius 2 is 1.66 bits per heavy atom. The second-order valence-electron chi connectivity index (χ2n) is 9.76. The first-order valence-corrected chi connectivity index (χ1v) is 13.7. The molecule has 1 heterocycles. The molecule has 0 bridgehead atoms. The van der Waals surface area contributed by atoms with E-state index in [1.54, 1.807) is 12.1 Å². The number of anilines is 1. The fourth-order valence-electron chi connectivity index (χ4n) is 5.17. The number of aryl methyl sites for hydroxylation is 1. The number of benzene rings is 3. The minimum absolute atomic E-state index is 0.0275. The van der Waals surface area contributed by atoms with E-state index in [4.69, 9.17) is 11.5 Å². The number of amides is 3. The summed E-state index contributed by atoms with van der Waals surface area (Å²) in [5.41, 5.74) is 14.1. The van der Waals surface area contributed by atoms with Crippen molar-refractivity contribution in [1.82, 2.24) is 14.6 Å². The fourth-order valence-corrected chi connectivity index (χ4v) is 5.92. The number of nitrogens with zero attached hydrogens (tertiary/aromatic N) is 2. The molecule has 5 rings (SSSR count). The number of primary amides is 1. The Kier molecular flexibility index (Phi) is 8.06.